The van der Waals surface area contributed by atoms with Crippen molar-refractivity contribution >= 4 is 5.91 Å². The maximum absolute atomic E-state index is 12.0. The number of hydrogen-bond acceptors (Lipinski definition) is 2. The van der Waals surface area contributed by atoms with Crippen LogP contribution in [0.3, 0.4) is 0 Å². The Morgan fingerprint density at radius 1 is 1.21 bits per heavy atom. The van der Waals surface area contributed by atoms with Gasteiger partial charge in [-0.05, 0) is 33.3 Å². The largest absolute Gasteiger partial charge is 0.343 e. The Morgan fingerprint density at radius 3 is 2.32 bits per heavy atom. The summed E-state index contributed by atoms with van der Waals surface area (Å²) in [5.41, 5.74) is 2.53. The quantitative estimate of drug-likeness (QED) is 0.819. The molecule has 106 valence electrons. The van der Waals surface area contributed by atoms with Crippen LogP contribution >= 0.6 is 0 Å². The van der Waals surface area contributed by atoms with Gasteiger partial charge in [-0.1, -0.05) is 29.8 Å². The van der Waals surface area contributed by atoms with Gasteiger partial charge in [-0.3, -0.25) is 4.79 Å². The molecule has 1 aromatic rings. The van der Waals surface area contributed by atoms with Gasteiger partial charge in [-0.2, -0.15) is 0 Å². The number of benzene rings is 1. The van der Waals surface area contributed by atoms with Gasteiger partial charge in [0.05, 0.1) is 0 Å². The van der Waals surface area contributed by atoms with Crippen LogP contribution in [0.4, 0.5) is 0 Å². The number of rotatable bonds is 7. The molecule has 0 aliphatic heterocycles. The zero-order chi connectivity index (χ0) is 14.3. The maximum atomic E-state index is 12.0. The second-order valence-electron chi connectivity index (χ2n) is 5.04. The summed E-state index contributed by atoms with van der Waals surface area (Å²) in [5.74, 6) is 0.230. The van der Waals surface area contributed by atoms with Gasteiger partial charge in [0.2, 0.25) is 5.91 Å². The topological polar surface area (TPSA) is 32.3 Å². The average Bonchev–Trinajstić information content (AvgIpc) is 2.39. The average molecular weight is 262 g/mol. The van der Waals surface area contributed by atoms with E-state index in [1.165, 1.54) is 11.1 Å². The van der Waals surface area contributed by atoms with Gasteiger partial charge >= 0.3 is 0 Å². The molecule has 0 aliphatic rings. The van der Waals surface area contributed by atoms with Crippen molar-refractivity contribution in [3.8, 4) is 0 Å². The second-order valence-corrected chi connectivity index (χ2v) is 5.04. The molecule has 0 unspecified atom stereocenters. The Bertz CT molecular complexity index is 382. The smallest absolute Gasteiger partial charge is 0.224 e. The molecule has 1 rings (SSSR count). The number of nitrogens with one attached hydrogen (secondary N) is 1. The van der Waals surface area contributed by atoms with Gasteiger partial charge in [0.25, 0.3) is 0 Å². The van der Waals surface area contributed by atoms with Crippen molar-refractivity contribution in [3.63, 3.8) is 0 Å². The predicted molar refractivity (Wildman–Crippen MR) is 80.0 cm³/mol. The molecule has 0 aromatic heterocycles. The van der Waals surface area contributed by atoms with Crippen molar-refractivity contribution in [3.05, 3.63) is 35.4 Å². The minimum atomic E-state index is 0.203. The van der Waals surface area contributed by atoms with E-state index in [0.717, 1.165) is 19.6 Å². The van der Waals surface area contributed by atoms with Gasteiger partial charge in [0.15, 0.2) is 0 Å². The lowest BCUT2D eigenvalue weighted by atomic mass is 10.1. The van der Waals surface area contributed by atoms with E-state index < -0.39 is 0 Å². The van der Waals surface area contributed by atoms with Crippen molar-refractivity contribution in [2.75, 3.05) is 13.1 Å². The Labute approximate surface area is 117 Å². The van der Waals surface area contributed by atoms with Gasteiger partial charge < -0.3 is 10.2 Å². The second kappa shape index (κ2) is 7.95. The molecule has 0 spiro atoms. The minimum absolute atomic E-state index is 0.203. The summed E-state index contributed by atoms with van der Waals surface area (Å²) < 4.78 is 0. The normalized spacial score (nSPS) is 12.2. The molecule has 1 aromatic carbocycles. The first-order valence-electron chi connectivity index (χ1n) is 7.13. The van der Waals surface area contributed by atoms with Gasteiger partial charge in [0, 0.05) is 32.1 Å². The fourth-order valence-corrected chi connectivity index (χ4v) is 2.04. The molecule has 1 amide bonds. The fraction of sp³-hybridized carbons (Fsp3) is 0.562. The zero-order valence-corrected chi connectivity index (χ0v) is 12.6. The lowest BCUT2D eigenvalue weighted by Crippen LogP contribution is -2.36. The predicted octanol–water partition coefficient (Wildman–Crippen LogP) is 2.73. The lowest BCUT2D eigenvalue weighted by molar-refractivity contribution is -0.131. The zero-order valence-electron chi connectivity index (χ0n) is 12.6. The van der Waals surface area contributed by atoms with Crippen LogP contribution in [0, 0.1) is 6.92 Å². The highest BCUT2D eigenvalue weighted by Gasteiger charge is 2.13. The van der Waals surface area contributed by atoms with Gasteiger partial charge in [-0.25, -0.2) is 0 Å². The van der Waals surface area contributed by atoms with E-state index in [4.69, 9.17) is 0 Å². The molecule has 0 radical (unpaired) electrons. The van der Waals surface area contributed by atoms with Crippen LogP contribution in [-0.4, -0.2) is 29.9 Å². The number of carbonyl (C=O) groups excluding carboxylic acids is 1. The SMILES string of the molecule is CCN(CC)C(=O)C[C@H](C)NCc1ccc(C)cc1. The highest BCUT2D eigenvalue weighted by molar-refractivity contribution is 5.76. The number of aryl methyl sites for hydroxylation is 1. The van der Waals surface area contributed by atoms with Crippen LogP contribution < -0.4 is 5.32 Å². The third kappa shape index (κ3) is 5.43. The summed E-state index contributed by atoms with van der Waals surface area (Å²) >= 11 is 0. The van der Waals surface area contributed by atoms with Crippen LogP contribution in [0.5, 0.6) is 0 Å². The van der Waals surface area contributed by atoms with Gasteiger partial charge in [-0.15, -0.1) is 0 Å². The highest BCUT2D eigenvalue weighted by Crippen LogP contribution is 2.04. The van der Waals surface area contributed by atoms with Crippen molar-refractivity contribution in [1.82, 2.24) is 10.2 Å². The van der Waals surface area contributed by atoms with Crippen molar-refractivity contribution < 1.29 is 4.79 Å². The van der Waals surface area contributed by atoms with E-state index in [1.54, 1.807) is 0 Å². The first-order chi connectivity index (χ1) is 9.06. The summed E-state index contributed by atoms with van der Waals surface area (Å²) in [6.07, 6.45) is 0.563. The molecular formula is C16H26N2O. The Morgan fingerprint density at radius 2 is 1.79 bits per heavy atom. The third-order valence-corrected chi connectivity index (χ3v) is 3.37. The third-order valence-electron chi connectivity index (χ3n) is 3.37. The lowest BCUT2D eigenvalue weighted by Gasteiger charge is -2.21. The Hall–Kier alpha value is -1.35. The van der Waals surface area contributed by atoms with E-state index in [1.807, 2.05) is 18.7 Å². The van der Waals surface area contributed by atoms with Gasteiger partial charge in [0.1, 0.15) is 0 Å². The van der Waals surface area contributed by atoms with Crippen LogP contribution in [0.25, 0.3) is 0 Å². The molecule has 3 nitrogen and oxygen atoms in total. The van der Waals surface area contributed by atoms with E-state index in [-0.39, 0.29) is 11.9 Å². The molecule has 0 heterocycles. The minimum Gasteiger partial charge on any atom is -0.343 e. The molecular weight excluding hydrogens is 236 g/mol. The Kier molecular flexibility index (Phi) is 6.57. The summed E-state index contributed by atoms with van der Waals surface area (Å²) in [6, 6.07) is 8.68. The van der Waals surface area contributed by atoms with E-state index in [9.17, 15) is 4.79 Å². The summed E-state index contributed by atoms with van der Waals surface area (Å²) in [5, 5.41) is 3.40. The molecule has 1 N–H and O–H groups in total. The molecule has 0 aliphatic carbocycles. The van der Waals surface area contributed by atoms with Crippen molar-refractivity contribution in [1.29, 1.82) is 0 Å². The summed E-state index contributed by atoms with van der Waals surface area (Å²) in [4.78, 5) is 13.8. The van der Waals surface area contributed by atoms with E-state index in [2.05, 4.69) is 43.4 Å². The highest BCUT2D eigenvalue weighted by atomic mass is 16.2. The molecule has 0 saturated heterocycles. The van der Waals surface area contributed by atoms with Crippen molar-refractivity contribution in [2.45, 2.75) is 46.7 Å². The first kappa shape index (κ1) is 15.7. The van der Waals surface area contributed by atoms with Crippen molar-refractivity contribution in [2.24, 2.45) is 0 Å². The first-order valence-corrected chi connectivity index (χ1v) is 7.13. The van der Waals surface area contributed by atoms with Crippen LogP contribution in [0.1, 0.15) is 38.3 Å². The van der Waals surface area contributed by atoms with Crippen LogP contribution in [-0.2, 0) is 11.3 Å². The molecule has 0 fully saturated rings. The number of amides is 1. The van der Waals surface area contributed by atoms with Crippen LogP contribution in [0.2, 0.25) is 0 Å². The monoisotopic (exact) mass is 262 g/mol. The molecule has 0 bridgehead atoms. The summed E-state index contributed by atoms with van der Waals surface area (Å²) in [7, 11) is 0. The molecule has 19 heavy (non-hydrogen) atoms. The number of nitrogens with zero attached hydrogens (tertiary/aromatic N) is 1. The fourth-order valence-electron chi connectivity index (χ4n) is 2.04. The molecule has 0 saturated carbocycles. The van der Waals surface area contributed by atoms with E-state index >= 15 is 0 Å². The summed E-state index contributed by atoms with van der Waals surface area (Å²) in [6.45, 7) is 10.6. The number of carbonyl (C=O) groups is 1. The maximum Gasteiger partial charge on any atom is 0.224 e. The Balaban J connectivity index is 2.37. The molecule has 1 atom stereocenters. The molecule has 3 heteroatoms. The van der Waals surface area contributed by atoms with E-state index in [0.29, 0.717) is 6.42 Å². The van der Waals surface area contributed by atoms with Crippen LogP contribution in [0.15, 0.2) is 24.3 Å². The number of hydrogen-bond donors (Lipinski definition) is 1. The standard InChI is InChI=1S/C16H26N2O/c1-5-18(6-2)16(19)11-14(4)17-12-15-9-7-13(3)8-10-15/h7-10,14,17H,5-6,11-12H2,1-4H3/t14-/m0/s1.